The monoisotopic (exact) mass is 275 g/mol. The van der Waals surface area contributed by atoms with Crippen molar-refractivity contribution in [2.45, 2.75) is 26.7 Å². The van der Waals surface area contributed by atoms with Crippen LogP contribution < -0.4 is 5.32 Å². The first-order valence-corrected chi connectivity index (χ1v) is 7.81. The van der Waals surface area contributed by atoms with Crippen LogP contribution in [0.25, 0.3) is 0 Å². The number of nitrogens with zero attached hydrogens (tertiary/aromatic N) is 2. The van der Waals surface area contributed by atoms with E-state index in [0.29, 0.717) is 0 Å². The molecule has 0 atom stereocenters. The molecule has 1 N–H and O–H groups in total. The Hall–Kier alpha value is -1.55. The van der Waals surface area contributed by atoms with Crippen LogP contribution >= 0.6 is 11.9 Å². The molecule has 2 heterocycles. The van der Waals surface area contributed by atoms with Crippen LogP contribution in [0.3, 0.4) is 0 Å². The minimum absolute atomic E-state index is 1.02. The molecule has 0 unspecified atom stereocenters. The molecule has 3 nitrogen and oxygen atoms in total. The van der Waals surface area contributed by atoms with Crippen LogP contribution in [0.4, 0.5) is 0 Å². The minimum Gasteiger partial charge on any atom is -0.360 e. The van der Waals surface area contributed by atoms with Crippen LogP contribution in [0.5, 0.6) is 0 Å². The van der Waals surface area contributed by atoms with Gasteiger partial charge in [-0.05, 0) is 36.9 Å². The minimum atomic E-state index is 1.02. The zero-order valence-corrected chi connectivity index (χ0v) is 12.6. The Morgan fingerprint density at radius 3 is 2.53 bits per heavy atom. The van der Waals surface area contributed by atoms with Crippen LogP contribution in [0.2, 0.25) is 0 Å². The predicted octanol–water partition coefficient (Wildman–Crippen LogP) is 3.90. The van der Waals surface area contributed by atoms with E-state index in [-0.39, 0.29) is 0 Å². The van der Waals surface area contributed by atoms with E-state index in [0.717, 1.165) is 18.5 Å². The van der Waals surface area contributed by atoms with Crippen LogP contribution in [0, 0.1) is 0 Å². The molecule has 102 valence electrons. The highest BCUT2D eigenvalue weighted by atomic mass is 32.2. The zero-order valence-electron chi connectivity index (χ0n) is 11.8. The molecule has 0 saturated carbocycles. The van der Waals surface area contributed by atoms with E-state index in [9.17, 15) is 0 Å². The summed E-state index contributed by atoms with van der Waals surface area (Å²) in [5.41, 5.74) is 3.84. The summed E-state index contributed by atoms with van der Waals surface area (Å²) in [6, 6.07) is 0. The first-order valence-electron chi connectivity index (χ1n) is 6.63. The summed E-state index contributed by atoms with van der Waals surface area (Å²) in [4.78, 5) is 2.22. The van der Waals surface area contributed by atoms with Gasteiger partial charge < -0.3 is 10.2 Å². The Kier molecular flexibility index (Phi) is 4.80. The Morgan fingerprint density at radius 2 is 1.95 bits per heavy atom. The summed E-state index contributed by atoms with van der Waals surface area (Å²) >= 11 is 1.75. The average Bonchev–Trinajstić information content (AvgIpc) is 2.47. The quantitative estimate of drug-likeness (QED) is 0.784. The van der Waals surface area contributed by atoms with Gasteiger partial charge in [0.15, 0.2) is 0 Å². The Morgan fingerprint density at radius 1 is 1.16 bits per heavy atom. The third kappa shape index (κ3) is 3.07. The lowest BCUT2D eigenvalue weighted by Crippen LogP contribution is -2.24. The van der Waals surface area contributed by atoms with Crippen molar-refractivity contribution in [2.75, 3.05) is 6.26 Å². The fourth-order valence-corrected chi connectivity index (χ4v) is 2.90. The normalized spacial score (nSPS) is 20.5. The van der Waals surface area contributed by atoms with Gasteiger partial charge >= 0.3 is 0 Å². The van der Waals surface area contributed by atoms with Gasteiger partial charge in [0.25, 0.3) is 0 Å². The van der Waals surface area contributed by atoms with Crippen molar-refractivity contribution in [2.24, 2.45) is 0 Å². The van der Waals surface area contributed by atoms with Crippen molar-refractivity contribution >= 4 is 11.9 Å². The second kappa shape index (κ2) is 6.57. The van der Waals surface area contributed by atoms with Crippen LogP contribution in [0.15, 0.2) is 60.1 Å². The summed E-state index contributed by atoms with van der Waals surface area (Å²) < 4.78 is 2.25. The lowest BCUT2D eigenvalue weighted by atomic mass is 10.2. The molecule has 0 bridgehead atoms. The van der Waals surface area contributed by atoms with Gasteiger partial charge in [-0.3, -0.25) is 4.31 Å². The number of hydrogen-bond donors (Lipinski definition) is 1. The molecule has 4 heteroatoms. The zero-order chi connectivity index (χ0) is 13.7. The molecular weight excluding hydrogens is 254 g/mol. The highest BCUT2D eigenvalue weighted by molar-refractivity contribution is 7.96. The van der Waals surface area contributed by atoms with Gasteiger partial charge in [-0.1, -0.05) is 19.9 Å². The van der Waals surface area contributed by atoms with E-state index < -0.39 is 0 Å². The third-order valence-electron chi connectivity index (χ3n) is 3.15. The second-order valence-corrected chi connectivity index (χ2v) is 5.02. The molecule has 0 amide bonds. The van der Waals surface area contributed by atoms with E-state index >= 15 is 0 Å². The summed E-state index contributed by atoms with van der Waals surface area (Å²) in [7, 11) is 0. The molecular formula is C15H21N3S. The van der Waals surface area contributed by atoms with Crippen molar-refractivity contribution in [3.05, 3.63) is 60.1 Å². The number of rotatable bonds is 4. The van der Waals surface area contributed by atoms with Gasteiger partial charge in [0, 0.05) is 42.4 Å². The summed E-state index contributed by atoms with van der Waals surface area (Å²) in [5, 5.41) is 3.25. The maximum atomic E-state index is 3.25. The van der Waals surface area contributed by atoms with Crippen LogP contribution in [-0.4, -0.2) is 15.5 Å². The van der Waals surface area contributed by atoms with Gasteiger partial charge in [-0.2, -0.15) is 0 Å². The maximum Gasteiger partial charge on any atom is 0.0548 e. The van der Waals surface area contributed by atoms with Gasteiger partial charge in [0.05, 0.1) is 5.70 Å². The largest absolute Gasteiger partial charge is 0.360 e. The van der Waals surface area contributed by atoms with Gasteiger partial charge in [0.1, 0.15) is 0 Å². The number of allylic oxidation sites excluding steroid dienone is 5. The topological polar surface area (TPSA) is 18.5 Å². The van der Waals surface area contributed by atoms with E-state index in [1.54, 1.807) is 11.9 Å². The molecule has 0 saturated heterocycles. The van der Waals surface area contributed by atoms with E-state index in [4.69, 9.17) is 0 Å². The predicted molar refractivity (Wildman–Crippen MR) is 83.4 cm³/mol. The average molecular weight is 275 g/mol. The molecule has 0 aromatic carbocycles. The van der Waals surface area contributed by atoms with Gasteiger partial charge in [-0.15, -0.1) is 0 Å². The smallest absolute Gasteiger partial charge is 0.0548 e. The van der Waals surface area contributed by atoms with E-state index in [1.807, 2.05) is 18.4 Å². The summed E-state index contributed by atoms with van der Waals surface area (Å²) in [5.74, 6) is 0. The Labute approximate surface area is 120 Å². The van der Waals surface area contributed by atoms with Crippen molar-refractivity contribution in [3.8, 4) is 0 Å². The fourth-order valence-electron chi connectivity index (χ4n) is 2.26. The molecule has 0 fully saturated rings. The lowest BCUT2D eigenvalue weighted by molar-refractivity contribution is 0.509. The first kappa shape index (κ1) is 13.9. The third-order valence-corrected chi connectivity index (χ3v) is 3.89. The molecule has 2 aliphatic rings. The molecule has 0 spiro atoms. The molecule has 19 heavy (non-hydrogen) atoms. The fraction of sp³-hybridized carbons (Fsp3) is 0.333. The number of nitrogens with one attached hydrogen (secondary N) is 1. The number of dihydropyridines is 1. The van der Waals surface area contributed by atoms with Crippen molar-refractivity contribution < 1.29 is 0 Å². The second-order valence-electron chi connectivity index (χ2n) is 4.26. The van der Waals surface area contributed by atoms with E-state index in [1.165, 1.54) is 11.4 Å². The highest BCUT2D eigenvalue weighted by Crippen LogP contribution is 2.30. The number of hydrogen-bond acceptors (Lipinski definition) is 4. The molecule has 2 rings (SSSR count). The first-order chi connectivity index (χ1) is 9.30. The standard InChI is InChI=1S/C15H21N3S/c1-4-14-15(5-2)18(19-3)11-10-17(14)12-13-8-6-7-9-16-13/h6-12,16H,4-5H2,1-3H3/b13-12-. The Balaban J connectivity index is 2.28. The van der Waals surface area contributed by atoms with Gasteiger partial charge in [0.2, 0.25) is 0 Å². The molecule has 0 aliphatic carbocycles. The Bertz CT molecular complexity index is 472. The maximum absolute atomic E-state index is 3.25. The van der Waals surface area contributed by atoms with Crippen molar-refractivity contribution in [3.63, 3.8) is 0 Å². The molecule has 0 aromatic heterocycles. The molecule has 0 radical (unpaired) electrons. The van der Waals surface area contributed by atoms with Crippen LogP contribution in [0.1, 0.15) is 26.7 Å². The van der Waals surface area contributed by atoms with Crippen molar-refractivity contribution in [1.29, 1.82) is 0 Å². The summed E-state index contributed by atoms with van der Waals surface area (Å²) in [6.45, 7) is 4.42. The van der Waals surface area contributed by atoms with Crippen LogP contribution in [-0.2, 0) is 0 Å². The summed E-state index contributed by atoms with van der Waals surface area (Å²) in [6.07, 6.45) is 18.6. The highest BCUT2D eigenvalue weighted by Gasteiger charge is 2.18. The van der Waals surface area contributed by atoms with Gasteiger partial charge in [-0.25, -0.2) is 0 Å². The van der Waals surface area contributed by atoms with Crippen molar-refractivity contribution in [1.82, 2.24) is 14.5 Å². The SMILES string of the molecule is CCC1=C(CC)N(SC)C=CN1/C=C1/C=CC=CN1. The molecule has 2 aliphatic heterocycles. The molecule has 0 aromatic rings. The van der Waals surface area contributed by atoms with E-state index in [2.05, 4.69) is 59.3 Å². The lowest BCUT2D eigenvalue weighted by Gasteiger charge is -2.33.